The van der Waals surface area contributed by atoms with Gasteiger partial charge in [0.1, 0.15) is 0 Å². The second-order valence-electron chi connectivity index (χ2n) is 5.21. The van der Waals surface area contributed by atoms with E-state index in [0.717, 1.165) is 0 Å². The average Bonchev–Trinajstić information content (AvgIpc) is 2.70. The molecule has 0 saturated heterocycles. The molecule has 0 aliphatic heterocycles. The van der Waals surface area contributed by atoms with Crippen molar-refractivity contribution in [3.05, 3.63) is 41.5 Å². The Labute approximate surface area is 155 Å². The molecule has 0 aromatic heterocycles. The molecule has 2 aromatic carbocycles. The van der Waals surface area contributed by atoms with Gasteiger partial charge in [0, 0.05) is 11.1 Å². The van der Waals surface area contributed by atoms with Gasteiger partial charge in [-0.1, -0.05) is 0 Å². The molecule has 2 rings (SSSR count). The van der Waals surface area contributed by atoms with Crippen LogP contribution < -0.4 is 29.8 Å². The number of hydrogen-bond donors (Lipinski definition) is 3. The Morgan fingerprint density at radius 2 is 1.26 bits per heavy atom. The fourth-order valence-electron chi connectivity index (χ4n) is 2.30. The lowest BCUT2D eigenvalue weighted by molar-refractivity contribution is 0.0846. The van der Waals surface area contributed by atoms with Crippen LogP contribution in [0.5, 0.6) is 28.7 Å². The molecule has 0 saturated carbocycles. The first-order chi connectivity index (χ1) is 12.9. The largest absolute Gasteiger partial charge is 0.504 e. The molecule has 9 heteroatoms. The molecule has 0 atom stereocenters. The lowest BCUT2D eigenvalue weighted by Gasteiger charge is -2.14. The van der Waals surface area contributed by atoms with Gasteiger partial charge < -0.3 is 24.1 Å². The van der Waals surface area contributed by atoms with Gasteiger partial charge in [-0.2, -0.15) is 0 Å². The van der Waals surface area contributed by atoms with Crippen LogP contribution in [0.3, 0.4) is 0 Å². The maximum absolute atomic E-state index is 12.3. The van der Waals surface area contributed by atoms with Crippen molar-refractivity contribution >= 4 is 11.8 Å². The SMILES string of the molecule is COc1ccc(C(=O)NNC(=O)c2cc(OC)c(OC)c(OC)c2)cc1O. The van der Waals surface area contributed by atoms with E-state index in [9.17, 15) is 14.7 Å². The molecule has 3 N–H and O–H groups in total. The van der Waals surface area contributed by atoms with E-state index < -0.39 is 11.8 Å². The van der Waals surface area contributed by atoms with Crippen molar-refractivity contribution < 1.29 is 33.6 Å². The Balaban J connectivity index is 2.13. The number of benzene rings is 2. The number of phenolic OH excluding ortho intramolecular Hbond substituents is 1. The summed E-state index contributed by atoms with van der Waals surface area (Å²) in [4.78, 5) is 24.5. The topological polar surface area (TPSA) is 115 Å². The van der Waals surface area contributed by atoms with Crippen molar-refractivity contribution in [1.82, 2.24) is 10.9 Å². The number of carbonyl (C=O) groups is 2. The average molecular weight is 376 g/mol. The van der Waals surface area contributed by atoms with Crippen molar-refractivity contribution in [1.29, 1.82) is 0 Å². The summed E-state index contributed by atoms with van der Waals surface area (Å²) in [7, 11) is 5.70. The number of amides is 2. The maximum atomic E-state index is 12.3. The summed E-state index contributed by atoms with van der Waals surface area (Å²) in [6.45, 7) is 0. The van der Waals surface area contributed by atoms with Gasteiger partial charge in [0.2, 0.25) is 5.75 Å². The monoisotopic (exact) mass is 376 g/mol. The molecule has 2 amide bonds. The number of aromatic hydroxyl groups is 1. The summed E-state index contributed by atoms with van der Waals surface area (Å²) in [6.07, 6.45) is 0. The Morgan fingerprint density at radius 3 is 1.70 bits per heavy atom. The predicted octanol–water partition coefficient (Wildman–Crippen LogP) is 1.50. The van der Waals surface area contributed by atoms with E-state index in [1.807, 2.05) is 0 Å². The third kappa shape index (κ3) is 4.32. The molecule has 9 nitrogen and oxygen atoms in total. The summed E-state index contributed by atoms with van der Waals surface area (Å²) in [5.74, 6) is -0.237. The highest BCUT2D eigenvalue weighted by molar-refractivity contribution is 6.00. The molecule has 0 spiro atoms. The summed E-state index contributed by atoms with van der Waals surface area (Å²) in [6, 6.07) is 6.99. The van der Waals surface area contributed by atoms with Crippen LogP contribution in [-0.4, -0.2) is 45.4 Å². The van der Waals surface area contributed by atoms with Crippen LogP contribution in [0.2, 0.25) is 0 Å². The van der Waals surface area contributed by atoms with Crippen molar-refractivity contribution in [3.63, 3.8) is 0 Å². The van der Waals surface area contributed by atoms with Crippen LogP contribution in [0, 0.1) is 0 Å². The Bertz CT molecular complexity index is 827. The smallest absolute Gasteiger partial charge is 0.269 e. The van der Waals surface area contributed by atoms with Crippen molar-refractivity contribution in [2.24, 2.45) is 0 Å². The first-order valence-electron chi connectivity index (χ1n) is 7.72. The van der Waals surface area contributed by atoms with Crippen LogP contribution in [0.15, 0.2) is 30.3 Å². The standard InChI is InChI=1S/C18H20N2O7/c1-24-13-6-5-10(7-12(13)21)17(22)19-20-18(23)11-8-14(25-2)16(27-4)15(9-11)26-3/h5-9,21H,1-4H3,(H,19,22)(H,20,23). The molecule has 0 bridgehead atoms. The number of hydrazine groups is 1. The lowest BCUT2D eigenvalue weighted by Crippen LogP contribution is -2.41. The minimum Gasteiger partial charge on any atom is -0.504 e. The van der Waals surface area contributed by atoms with Gasteiger partial charge in [0.05, 0.1) is 28.4 Å². The quantitative estimate of drug-likeness (QED) is 0.655. The van der Waals surface area contributed by atoms with Gasteiger partial charge in [0.15, 0.2) is 23.0 Å². The molecule has 0 radical (unpaired) electrons. The number of methoxy groups -OCH3 is 4. The van der Waals surface area contributed by atoms with Crippen LogP contribution in [0.4, 0.5) is 0 Å². The number of nitrogens with one attached hydrogen (secondary N) is 2. The van der Waals surface area contributed by atoms with E-state index in [0.29, 0.717) is 17.2 Å². The number of hydrogen-bond acceptors (Lipinski definition) is 7. The van der Waals surface area contributed by atoms with Gasteiger partial charge in [-0.15, -0.1) is 0 Å². The van der Waals surface area contributed by atoms with Crippen molar-refractivity contribution in [2.45, 2.75) is 0 Å². The highest BCUT2D eigenvalue weighted by atomic mass is 16.5. The molecule has 0 aliphatic carbocycles. The van der Waals surface area contributed by atoms with E-state index in [-0.39, 0.29) is 22.6 Å². The lowest BCUT2D eigenvalue weighted by atomic mass is 10.1. The van der Waals surface area contributed by atoms with E-state index in [2.05, 4.69) is 10.9 Å². The summed E-state index contributed by atoms with van der Waals surface area (Å²) < 4.78 is 20.5. The number of carbonyl (C=O) groups excluding carboxylic acids is 2. The van der Waals surface area contributed by atoms with E-state index in [1.165, 1.54) is 58.8 Å². The third-order valence-corrected chi connectivity index (χ3v) is 3.66. The zero-order chi connectivity index (χ0) is 20.0. The second-order valence-corrected chi connectivity index (χ2v) is 5.21. The fourth-order valence-corrected chi connectivity index (χ4v) is 2.30. The van der Waals surface area contributed by atoms with Crippen LogP contribution >= 0.6 is 0 Å². The predicted molar refractivity (Wildman–Crippen MR) is 95.7 cm³/mol. The minimum atomic E-state index is -0.617. The zero-order valence-corrected chi connectivity index (χ0v) is 15.3. The molecule has 0 unspecified atom stereocenters. The summed E-state index contributed by atoms with van der Waals surface area (Å²) >= 11 is 0. The zero-order valence-electron chi connectivity index (χ0n) is 15.3. The second kappa shape index (κ2) is 8.65. The molecule has 0 aliphatic rings. The molecular weight excluding hydrogens is 356 g/mol. The molecular formula is C18H20N2O7. The van der Waals surface area contributed by atoms with Crippen LogP contribution in [-0.2, 0) is 0 Å². The molecule has 27 heavy (non-hydrogen) atoms. The molecule has 0 fully saturated rings. The normalized spacial score (nSPS) is 9.93. The Morgan fingerprint density at radius 1 is 0.741 bits per heavy atom. The summed E-state index contributed by atoms with van der Waals surface area (Å²) in [5, 5.41) is 9.73. The third-order valence-electron chi connectivity index (χ3n) is 3.66. The van der Waals surface area contributed by atoms with Crippen molar-refractivity contribution in [2.75, 3.05) is 28.4 Å². The minimum absolute atomic E-state index is 0.137. The number of rotatable bonds is 6. The van der Waals surface area contributed by atoms with Gasteiger partial charge in [0.25, 0.3) is 11.8 Å². The molecule has 144 valence electrons. The van der Waals surface area contributed by atoms with Crippen LogP contribution in [0.1, 0.15) is 20.7 Å². The maximum Gasteiger partial charge on any atom is 0.269 e. The van der Waals surface area contributed by atoms with E-state index in [1.54, 1.807) is 0 Å². The van der Waals surface area contributed by atoms with Crippen LogP contribution in [0.25, 0.3) is 0 Å². The highest BCUT2D eigenvalue weighted by Crippen LogP contribution is 2.38. The van der Waals surface area contributed by atoms with E-state index in [4.69, 9.17) is 18.9 Å². The van der Waals surface area contributed by atoms with Gasteiger partial charge in [-0.05, 0) is 30.3 Å². The first kappa shape index (κ1) is 19.7. The van der Waals surface area contributed by atoms with E-state index >= 15 is 0 Å². The van der Waals surface area contributed by atoms with Gasteiger partial charge in [-0.3, -0.25) is 20.4 Å². The summed E-state index contributed by atoms with van der Waals surface area (Å²) in [5.41, 5.74) is 4.86. The Kier molecular flexibility index (Phi) is 6.32. The first-order valence-corrected chi connectivity index (χ1v) is 7.72. The number of phenols is 1. The highest BCUT2D eigenvalue weighted by Gasteiger charge is 2.18. The molecule has 2 aromatic rings. The molecule has 0 heterocycles. The van der Waals surface area contributed by atoms with Gasteiger partial charge >= 0.3 is 0 Å². The fraction of sp³-hybridized carbons (Fsp3) is 0.222. The number of ether oxygens (including phenoxy) is 4. The van der Waals surface area contributed by atoms with Gasteiger partial charge in [-0.25, -0.2) is 0 Å². The van der Waals surface area contributed by atoms with Crippen molar-refractivity contribution in [3.8, 4) is 28.7 Å². The Hall–Kier alpha value is -3.62.